The molecule has 0 saturated carbocycles. The predicted octanol–water partition coefficient (Wildman–Crippen LogP) is 2.41. The van der Waals surface area contributed by atoms with Crippen molar-refractivity contribution >= 4 is 0 Å². The van der Waals surface area contributed by atoms with Crippen LogP contribution in [0.4, 0.5) is 0 Å². The fourth-order valence-electron chi connectivity index (χ4n) is 2.60. The lowest BCUT2D eigenvalue weighted by molar-refractivity contribution is -0.0359. The average Bonchev–Trinajstić information content (AvgIpc) is 2.47. The van der Waals surface area contributed by atoms with Crippen LogP contribution in [0.15, 0.2) is 48.5 Å². The maximum Gasteiger partial charge on any atom is 0.198 e. The smallest absolute Gasteiger partial charge is 0.198 e. The van der Waals surface area contributed by atoms with Crippen LogP contribution in [-0.2, 0) is 6.61 Å². The summed E-state index contributed by atoms with van der Waals surface area (Å²) < 4.78 is 5.46. The third-order valence-corrected chi connectivity index (χ3v) is 3.53. The Morgan fingerprint density at radius 1 is 1.11 bits per heavy atom. The van der Waals surface area contributed by atoms with Gasteiger partial charge in [0.25, 0.3) is 0 Å². The molecule has 1 aliphatic heterocycles. The van der Waals surface area contributed by atoms with Gasteiger partial charge in [-0.05, 0) is 23.3 Å². The summed E-state index contributed by atoms with van der Waals surface area (Å²) in [5, 5.41) is 19.1. The molecule has 2 N–H and O–H groups in total. The lowest BCUT2D eigenvalue weighted by atomic mass is 9.85. The van der Waals surface area contributed by atoms with Gasteiger partial charge >= 0.3 is 0 Å². The molecule has 0 aliphatic carbocycles. The van der Waals surface area contributed by atoms with Crippen molar-refractivity contribution in [2.24, 2.45) is 0 Å². The third-order valence-electron chi connectivity index (χ3n) is 3.53. The van der Waals surface area contributed by atoms with E-state index in [9.17, 15) is 10.2 Å². The number of aliphatic hydroxyl groups excluding tert-OH is 2. The molecule has 2 atom stereocenters. The van der Waals surface area contributed by atoms with Gasteiger partial charge in [0.15, 0.2) is 6.29 Å². The first-order chi connectivity index (χ1) is 9.28. The van der Waals surface area contributed by atoms with Crippen molar-refractivity contribution in [3.05, 3.63) is 65.2 Å². The van der Waals surface area contributed by atoms with Crippen molar-refractivity contribution in [2.75, 3.05) is 0 Å². The summed E-state index contributed by atoms with van der Waals surface area (Å²) in [6, 6.07) is 15.7. The minimum absolute atomic E-state index is 0.0113. The van der Waals surface area contributed by atoms with Crippen LogP contribution in [0.25, 0.3) is 0 Å². The van der Waals surface area contributed by atoms with Crippen molar-refractivity contribution in [2.45, 2.75) is 25.2 Å². The van der Waals surface area contributed by atoms with E-state index >= 15 is 0 Å². The highest BCUT2D eigenvalue weighted by atomic mass is 16.6. The number of hydrogen-bond acceptors (Lipinski definition) is 3. The lowest BCUT2D eigenvalue weighted by Gasteiger charge is -2.30. The number of hydrogen-bond donors (Lipinski definition) is 2. The Morgan fingerprint density at radius 2 is 1.89 bits per heavy atom. The van der Waals surface area contributed by atoms with Crippen LogP contribution in [0.2, 0.25) is 0 Å². The molecule has 2 aromatic carbocycles. The zero-order valence-corrected chi connectivity index (χ0v) is 10.5. The van der Waals surface area contributed by atoms with Gasteiger partial charge in [-0.25, -0.2) is 0 Å². The van der Waals surface area contributed by atoms with E-state index in [0.29, 0.717) is 12.2 Å². The minimum Gasteiger partial charge on any atom is -0.465 e. The van der Waals surface area contributed by atoms with Crippen molar-refractivity contribution in [1.29, 1.82) is 0 Å². The molecule has 0 radical (unpaired) electrons. The maximum atomic E-state index is 9.84. The van der Waals surface area contributed by atoms with Crippen LogP contribution in [0.5, 0.6) is 5.75 Å². The van der Waals surface area contributed by atoms with Gasteiger partial charge < -0.3 is 14.9 Å². The summed E-state index contributed by atoms with van der Waals surface area (Å²) in [7, 11) is 0. The van der Waals surface area contributed by atoms with E-state index in [1.165, 1.54) is 0 Å². The largest absolute Gasteiger partial charge is 0.465 e. The summed E-state index contributed by atoms with van der Waals surface area (Å²) in [5.74, 6) is 0.802. The van der Waals surface area contributed by atoms with E-state index in [0.717, 1.165) is 16.7 Å². The molecule has 2 aromatic rings. The van der Waals surface area contributed by atoms with Crippen LogP contribution < -0.4 is 4.74 Å². The van der Waals surface area contributed by atoms with Gasteiger partial charge in [0.2, 0.25) is 0 Å². The molecule has 3 rings (SSSR count). The van der Waals surface area contributed by atoms with Gasteiger partial charge in [-0.3, -0.25) is 0 Å². The van der Waals surface area contributed by atoms with Crippen LogP contribution in [-0.4, -0.2) is 16.5 Å². The average molecular weight is 256 g/mol. The van der Waals surface area contributed by atoms with Gasteiger partial charge in [-0.15, -0.1) is 0 Å². The highest BCUT2D eigenvalue weighted by Gasteiger charge is 2.28. The van der Waals surface area contributed by atoms with Crippen LogP contribution >= 0.6 is 0 Å². The second-order valence-electron chi connectivity index (χ2n) is 4.80. The topological polar surface area (TPSA) is 49.7 Å². The summed E-state index contributed by atoms with van der Waals surface area (Å²) in [6.45, 7) is 0.0113. The van der Waals surface area contributed by atoms with Crippen LogP contribution in [0.1, 0.15) is 29.0 Å². The third kappa shape index (κ3) is 2.35. The quantitative estimate of drug-likeness (QED) is 0.867. The molecule has 0 unspecified atom stereocenters. The molecular weight excluding hydrogens is 240 g/mol. The zero-order valence-electron chi connectivity index (χ0n) is 10.5. The SMILES string of the molecule is OCc1ccc2c(c1)[C@@H](c1ccccc1)C[C@@H](O)O2. The molecule has 3 heteroatoms. The normalized spacial score (nSPS) is 21.6. The van der Waals surface area contributed by atoms with E-state index in [1.807, 2.05) is 36.4 Å². The second-order valence-corrected chi connectivity index (χ2v) is 4.80. The van der Waals surface area contributed by atoms with Gasteiger partial charge in [0.05, 0.1) is 6.61 Å². The molecule has 0 fully saturated rings. The number of fused-ring (bicyclic) bond motifs is 1. The standard InChI is InChI=1S/C16H16O3/c17-10-11-6-7-15-14(8-11)13(9-16(18)19-15)12-4-2-1-3-5-12/h1-8,13,16-18H,9-10H2/t13-,16+/m1/s1. The van der Waals surface area contributed by atoms with E-state index < -0.39 is 6.29 Å². The molecule has 3 nitrogen and oxygen atoms in total. The molecule has 0 saturated heterocycles. The molecule has 19 heavy (non-hydrogen) atoms. The fourth-order valence-corrected chi connectivity index (χ4v) is 2.60. The van der Waals surface area contributed by atoms with E-state index in [1.54, 1.807) is 0 Å². The summed E-state index contributed by atoms with van der Waals surface area (Å²) in [5.41, 5.74) is 3.05. The van der Waals surface area contributed by atoms with E-state index in [-0.39, 0.29) is 12.5 Å². The van der Waals surface area contributed by atoms with Crippen molar-refractivity contribution in [3.63, 3.8) is 0 Å². The Morgan fingerprint density at radius 3 is 2.63 bits per heavy atom. The second kappa shape index (κ2) is 5.03. The van der Waals surface area contributed by atoms with E-state index in [2.05, 4.69) is 12.1 Å². The molecule has 0 spiro atoms. The molecule has 0 bridgehead atoms. The van der Waals surface area contributed by atoms with Crippen molar-refractivity contribution in [3.8, 4) is 5.75 Å². The Labute approximate surface area is 112 Å². The van der Waals surface area contributed by atoms with Crippen molar-refractivity contribution in [1.82, 2.24) is 0 Å². The molecule has 1 aliphatic rings. The van der Waals surface area contributed by atoms with Gasteiger partial charge in [0, 0.05) is 17.9 Å². The Hall–Kier alpha value is -1.84. The van der Waals surface area contributed by atoms with Crippen LogP contribution in [0.3, 0.4) is 0 Å². The van der Waals surface area contributed by atoms with Gasteiger partial charge in [-0.2, -0.15) is 0 Å². The number of rotatable bonds is 2. The van der Waals surface area contributed by atoms with Crippen molar-refractivity contribution < 1.29 is 14.9 Å². The minimum atomic E-state index is -0.780. The first-order valence-electron chi connectivity index (χ1n) is 6.41. The molecule has 1 heterocycles. The summed E-state index contributed by atoms with van der Waals surface area (Å²) >= 11 is 0. The van der Waals surface area contributed by atoms with Crippen LogP contribution in [0, 0.1) is 0 Å². The Kier molecular flexibility index (Phi) is 3.23. The summed E-state index contributed by atoms with van der Waals surface area (Å²) in [6.07, 6.45) is -0.246. The van der Waals surface area contributed by atoms with E-state index in [4.69, 9.17) is 4.74 Å². The first-order valence-corrected chi connectivity index (χ1v) is 6.41. The monoisotopic (exact) mass is 256 g/mol. The fraction of sp³-hybridized carbons (Fsp3) is 0.250. The summed E-state index contributed by atoms with van der Waals surface area (Å²) in [4.78, 5) is 0. The predicted molar refractivity (Wildman–Crippen MR) is 71.9 cm³/mol. The zero-order chi connectivity index (χ0) is 13.2. The Bertz CT molecular complexity index is 565. The molecule has 98 valence electrons. The number of ether oxygens (including phenoxy) is 1. The van der Waals surface area contributed by atoms with Gasteiger partial charge in [0.1, 0.15) is 5.75 Å². The highest BCUT2D eigenvalue weighted by molar-refractivity contribution is 5.45. The molecular formula is C16H16O3. The Balaban J connectivity index is 2.07. The molecule has 0 aromatic heterocycles. The highest BCUT2D eigenvalue weighted by Crippen LogP contribution is 2.40. The molecule has 0 amide bonds. The lowest BCUT2D eigenvalue weighted by Crippen LogP contribution is -2.25. The number of aliphatic hydroxyl groups is 2. The number of benzene rings is 2. The van der Waals surface area contributed by atoms with Gasteiger partial charge in [-0.1, -0.05) is 36.4 Å². The maximum absolute atomic E-state index is 9.84. The first kappa shape index (κ1) is 12.2.